The number of fused-ring (bicyclic) bond motifs is 1. The second-order valence-corrected chi connectivity index (χ2v) is 7.30. The Hall–Kier alpha value is -0.760. The Morgan fingerprint density at radius 1 is 1.58 bits per heavy atom. The molecule has 1 atom stereocenters. The van der Waals surface area contributed by atoms with Crippen molar-refractivity contribution in [1.29, 1.82) is 0 Å². The maximum Gasteiger partial charge on any atom is 0.268 e. The minimum atomic E-state index is -0.114. The van der Waals surface area contributed by atoms with Gasteiger partial charge in [0.15, 0.2) is 5.13 Å². The fourth-order valence-electron chi connectivity index (χ4n) is 2.06. The Balaban J connectivity index is 1.78. The van der Waals surface area contributed by atoms with E-state index in [1.807, 2.05) is 11.4 Å². The van der Waals surface area contributed by atoms with Crippen molar-refractivity contribution in [2.75, 3.05) is 5.32 Å². The van der Waals surface area contributed by atoms with Crippen LogP contribution in [0.15, 0.2) is 15.9 Å². The van der Waals surface area contributed by atoms with Crippen LogP contribution in [0.1, 0.15) is 26.7 Å². The molecular weight excluding hydrogens is 346 g/mol. The van der Waals surface area contributed by atoms with E-state index in [0.717, 1.165) is 29.4 Å². The van der Waals surface area contributed by atoms with Gasteiger partial charge < -0.3 is 5.73 Å². The number of amides is 1. The van der Waals surface area contributed by atoms with Crippen molar-refractivity contribution in [3.8, 4) is 0 Å². The van der Waals surface area contributed by atoms with Crippen molar-refractivity contribution in [2.45, 2.75) is 25.3 Å². The van der Waals surface area contributed by atoms with Crippen LogP contribution in [0, 0.1) is 0 Å². The molecule has 1 aliphatic carbocycles. The zero-order valence-corrected chi connectivity index (χ0v) is 13.2. The lowest BCUT2D eigenvalue weighted by molar-refractivity contribution is 0.103. The molecule has 0 aromatic carbocycles. The van der Waals surface area contributed by atoms with Crippen LogP contribution in [0.4, 0.5) is 5.13 Å². The summed E-state index contributed by atoms with van der Waals surface area (Å²) in [4.78, 5) is 18.4. The van der Waals surface area contributed by atoms with E-state index >= 15 is 0 Å². The van der Waals surface area contributed by atoms with Gasteiger partial charge in [-0.3, -0.25) is 10.1 Å². The lowest BCUT2D eigenvalue weighted by atomic mass is 9.99. The summed E-state index contributed by atoms with van der Waals surface area (Å²) in [6.45, 7) is 0. The number of aryl methyl sites for hydroxylation is 1. The molecule has 0 bridgehead atoms. The normalized spacial score (nSPS) is 18.1. The van der Waals surface area contributed by atoms with E-state index in [-0.39, 0.29) is 11.9 Å². The molecule has 1 amide bonds. The topological polar surface area (TPSA) is 68.0 Å². The summed E-state index contributed by atoms with van der Waals surface area (Å²) in [5.41, 5.74) is 7.03. The highest BCUT2D eigenvalue weighted by Crippen LogP contribution is 2.30. The third-order valence-electron chi connectivity index (χ3n) is 3.02. The number of aromatic nitrogens is 1. The summed E-state index contributed by atoms with van der Waals surface area (Å²) in [6, 6.07) is 2.09. The van der Waals surface area contributed by atoms with Gasteiger partial charge in [-0.05, 0) is 46.6 Å². The predicted octanol–water partition coefficient (Wildman–Crippen LogP) is 3.04. The van der Waals surface area contributed by atoms with Crippen LogP contribution in [0.2, 0.25) is 0 Å². The molecule has 0 fully saturated rings. The molecule has 7 heteroatoms. The Kier molecular flexibility index (Phi) is 3.70. The van der Waals surface area contributed by atoms with Crippen LogP contribution in [-0.2, 0) is 12.8 Å². The Bertz CT molecular complexity index is 622. The second kappa shape index (κ2) is 5.32. The summed E-state index contributed by atoms with van der Waals surface area (Å²) in [5, 5.41) is 5.42. The van der Waals surface area contributed by atoms with Gasteiger partial charge in [0, 0.05) is 15.4 Å². The number of rotatable bonds is 2. The third-order valence-corrected chi connectivity index (χ3v) is 5.89. The van der Waals surface area contributed by atoms with Crippen LogP contribution in [0.5, 0.6) is 0 Å². The molecule has 2 heterocycles. The van der Waals surface area contributed by atoms with Gasteiger partial charge in [-0.15, -0.1) is 22.7 Å². The maximum atomic E-state index is 12.1. The second-order valence-electron chi connectivity index (χ2n) is 4.44. The molecule has 100 valence electrons. The first-order valence-electron chi connectivity index (χ1n) is 5.92. The van der Waals surface area contributed by atoms with Gasteiger partial charge in [0.25, 0.3) is 5.91 Å². The quantitative estimate of drug-likeness (QED) is 0.867. The molecule has 1 aliphatic rings. The SMILES string of the molecule is N[C@H]1CCc2nc(NC(=O)c3sccc3Br)sc2C1. The number of carbonyl (C=O) groups is 1. The van der Waals surface area contributed by atoms with Gasteiger partial charge in [-0.2, -0.15) is 0 Å². The number of thiophene rings is 1. The van der Waals surface area contributed by atoms with Gasteiger partial charge in [0.05, 0.1) is 5.69 Å². The summed E-state index contributed by atoms with van der Waals surface area (Å²) >= 11 is 6.31. The number of nitrogens with two attached hydrogens (primary N) is 1. The van der Waals surface area contributed by atoms with E-state index in [1.165, 1.54) is 27.6 Å². The van der Waals surface area contributed by atoms with Crippen LogP contribution in [0.3, 0.4) is 0 Å². The highest BCUT2D eigenvalue weighted by atomic mass is 79.9. The maximum absolute atomic E-state index is 12.1. The van der Waals surface area contributed by atoms with Crippen LogP contribution in [0.25, 0.3) is 0 Å². The number of nitrogens with one attached hydrogen (secondary N) is 1. The van der Waals surface area contributed by atoms with Gasteiger partial charge in [0.2, 0.25) is 0 Å². The van der Waals surface area contributed by atoms with Crippen LogP contribution in [-0.4, -0.2) is 16.9 Å². The van der Waals surface area contributed by atoms with Crippen LogP contribution < -0.4 is 11.1 Å². The first-order chi connectivity index (χ1) is 9.13. The molecule has 3 rings (SSSR count). The summed E-state index contributed by atoms with van der Waals surface area (Å²) in [7, 11) is 0. The fraction of sp³-hybridized carbons (Fsp3) is 0.333. The van der Waals surface area contributed by atoms with E-state index in [4.69, 9.17) is 5.73 Å². The Morgan fingerprint density at radius 2 is 2.42 bits per heavy atom. The van der Waals surface area contributed by atoms with Gasteiger partial charge in [-0.1, -0.05) is 0 Å². The van der Waals surface area contributed by atoms with Crippen molar-refractivity contribution in [3.05, 3.63) is 31.4 Å². The average Bonchev–Trinajstić information content (AvgIpc) is 2.94. The molecule has 2 aromatic rings. The number of halogens is 1. The van der Waals surface area contributed by atoms with Crippen molar-refractivity contribution in [3.63, 3.8) is 0 Å². The van der Waals surface area contributed by atoms with E-state index in [9.17, 15) is 4.79 Å². The van der Waals surface area contributed by atoms with Crippen LogP contribution >= 0.6 is 38.6 Å². The van der Waals surface area contributed by atoms with E-state index < -0.39 is 0 Å². The molecule has 0 saturated carbocycles. The fourth-order valence-corrected chi connectivity index (χ4v) is 4.61. The summed E-state index contributed by atoms with van der Waals surface area (Å²) < 4.78 is 0.818. The zero-order valence-electron chi connectivity index (χ0n) is 9.98. The number of carbonyl (C=O) groups excluding carboxylic acids is 1. The molecule has 3 N–H and O–H groups in total. The molecule has 0 aliphatic heterocycles. The Morgan fingerprint density at radius 3 is 3.16 bits per heavy atom. The van der Waals surface area contributed by atoms with Crippen molar-refractivity contribution in [2.24, 2.45) is 5.73 Å². The van der Waals surface area contributed by atoms with Gasteiger partial charge in [-0.25, -0.2) is 4.98 Å². The standard InChI is InChI=1S/C12H12BrN3OS2/c13-7-3-4-18-10(7)11(17)16-12-15-8-2-1-6(14)5-9(8)19-12/h3-4,6H,1-2,5,14H2,(H,15,16,17)/t6-/m0/s1. The number of hydrogen-bond donors (Lipinski definition) is 2. The molecular formula is C12H12BrN3OS2. The lowest BCUT2D eigenvalue weighted by Crippen LogP contribution is -2.27. The number of anilines is 1. The zero-order chi connectivity index (χ0) is 13.4. The molecule has 2 aromatic heterocycles. The monoisotopic (exact) mass is 357 g/mol. The largest absolute Gasteiger partial charge is 0.327 e. The Labute approximate surface area is 127 Å². The van der Waals surface area contributed by atoms with Crippen molar-refractivity contribution < 1.29 is 4.79 Å². The number of hydrogen-bond acceptors (Lipinski definition) is 5. The molecule has 0 radical (unpaired) electrons. The van der Waals surface area contributed by atoms with Crippen molar-refractivity contribution >= 4 is 49.6 Å². The minimum absolute atomic E-state index is 0.114. The smallest absolute Gasteiger partial charge is 0.268 e. The third kappa shape index (κ3) is 2.74. The van der Waals surface area contributed by atoms with Crippen molar-refractivity contribution in [1.82, 2.24) is 4.98 Å². The molecule has 4 nitrogen and oxygen atoms in total. The molecule has 0 saturated heterocycles. The lowest BCUT2D eigenvalue weighted by Gasteiger charge is -2.15. The average molecular weight is 358 g/mol. The number of nitrogens with zero attached hydrogens (tertiary/aromatic N) is 1. The summed E-state index contributed by atoms with van der Waals surface area (Å²) in [6.07, 6.45) is 2.75. The first-order valence-corrected chi connectivity index (χ1v) is 8.41. The van der Waals surface area contributed by atoms with Gasteiger partial charge >= 0.3 is 0 Å². The van der Waals surface area contributed by atoms with E-state index in [0.29, 0.717) is 10.0 Å². The molecule has 0 unspecified atom stereocenters. The van der Waals surface area contributed by atoms with E-state index in [1.54, 1.807) is 0 Å². The minimum Gasteiger partial charge on any atom is -0.327 e. The predicted molar refractivity (Wildman–Crippen MR) is 82.1 cm³/mol. The van der Waals surface area contributed by atoms with E-state index in [2.05, 4.69) is 26.2 Å². The first kappa shape index (κ1) is 13.2. The number of thiazole rings is 1. The van der Waals surface area contributed by atoms with Gasteiger partial charge in [0.1, 0.15) is 4.88 Å². The summed E-state index contributed by atoms with van der Waals surface area (Å²) in [5.74, 6) is -0.114. The molecule has 0 spiro atoms. The molecule has 19 heavy (non-hydrogen) atoms. The highest BCUT2D eigenvalue weighted by molar-refractivity contribution is 9.10. The highest BCUT2D eigenvalue weighted by Gasteiger charge is 2.21.